The molecular formula is C19H18N5O3S2-. The highest BCUT2D eigenvalue weighted by Gasteiger charge is 2.40. The van der Waals surface area contributed by atoms with Crippen LogP contribution in [0.3, 0.4) is 0 Å². The number of dihydropyridines is 1. The van der Waals surface area contributed by atoms with Crippen molar-refractivity contribution in [3.05, 3.63) is 58.5 Å². The molecular weight excluding hydrogens is 410 g/mol. The first kappa shape index (κ1) is 19.6. The van der Waals surface area contributed by atoms with E-state index in [-0.39, 0.29) is 6.04 Å². The Balaban J connectivity index is 1.72. The van der Waals surface area contributed by atoms with Gasteiger partial charge in [-0.05, 0) is 37.6 Å². The van der Waals surface area contributed by atoms with Gasteiger partial charge in [-0.2, -0.15) is 0 Å². The first-order chi connectivity index (χ1) is 13.8. The summed E-state index contributed by atoms with van der Waals surface area (Å²) in [6, 6.07) is 3.22. The quantitative estimate of drug-likeness (QED) is 0.743. The number of aryl methyl sites for hydroxylation is 1. The van der Waals surface area contributed by atoms with E-state index < -0.39 is 23.2 Å². The SMILES string of the molecule is CC1=CC(c2sc(-c3cccnc3)nc2C)=NC2C(C(=O)NS(=O)[O-])=CN(C)C12. The third-order valence-corrected chi connectivity index (χ3v) is 6.47. The molecule has 0 saturated carbocycles. The number of likely N-dealkylation sites (N-methyl/N-ethyl adjacent to an activating group) is 1. The van der Waals surface area contributed by atoms with E-state index in [1.165, 1.54) is 11.3 Å². The number of pyridine rings is 1. The highest BCUT2D eigenvalue weighted by molar-refractivity contribution is 7.77. The number of hydrogen-bond acceptors (Lipinski definition) is 8. The highest BCUT2D eigenvalue weighted by Crippen LogP contribution is 2.35. The number of nitrogens with zero attached hydrogens (tertiary/aromatic N) is 4. The van der Waals surface area contributed by atoms with Gasteiger partial charge in [0.05, 0.1) is 27.9 Å². The highest BCUT2D eigenvalue weighted by atomic mass is 32.2. The zero-order valence-electron chi connectivity index (χ0n) is 15.9. The van der Waals surface area contributed by atoms with Crippen LogP contribution in [0.5, 0.6) is 0 Å². The first-order valence-electron chi connectivity index (χ1n) is 8.83. The van der Waals surface area contributed by atoms with Gasteiger partial charge in [0, 0.05) is 42.5 Å². The fourth-order valence-corrected chi connectivity index (χ4v) is 4.96. The van der Waals surface area contributed by atoms with Crippen LogP contribution in [-0.2, 0) is 16.1 Å². The number of aliphatic imine (C=N–C) groups is 1. The lowest BCUT2D eigenvalue weighted by Crippen LogP contribution is -2.39. The number of rotatable bonds is 4. The summed E-state index contributed by atoms with van der Waals surface area (Å²) in [6.07, 6.45) is 7.14. The van der Waals surface area contributed by atoms with E-state index in [0.717, 1.165) is 32.4 Å². The standard InChI is InChI=1S/C19H19N5O3S2/c1-10-7-14(17-11(2)21-19(28-17)12-5-4-6-20-8-12)22-15-13(9-24(3)16(10)15)18(25)23-29(26)27/h4-9,15-16H,1-3H3,(H,23,25)(H,26,27)/p-1. The van der Waals surface area contributed by atoms with Gasteiger partial charge < -0.3 is 9.45 Å². The molecule has 8 nitrogen and oxygen atoms in total. The van der Waals surface area contributed by atoms with Crippen LogP contribution in [0.25, 0.3) is 10.6 Å². The average molecular weight is 429 g/mol. The normalized spacial score (nSPS) is 21.8. The predicted octanol–water partition coefficient (Wildman–Crippen LogP) is 1.74. The smallest absolute Gasteiger partial charge is 0.261 e. The summed E-state index contributed by atoms with van der Waals surface area (Å²) >= 11 is -1.16. The second-order valence-corrected chi connectivity index (χ2v) is 8.56. The Morgan fingerprint density at radius 2 is 2.17 bits per heavy atom. The molecule has 0 aromatic carbocycles. The van der Waals surface area contributed by atoms with Crippen LogP contribution in [-0.4, -0.2) is 54.4 Å². The number of carbonyl (C=O) groups is 1. The molecule has 0 saturated heterocycles. The average Bonchev–Trinajstić information content (AvgIpc) is 3.22. The Bertz CT molecular complexity index is 1090. The summed E-state index contributed by atoms with van der Waals surface area (Å²) in [5.74, 6) is -0.660. The molecule has 0 bridgehead atoms. The van der Waals surface area contributed by atoms with Gasteiger partial charge in [-0.3, -0.25) is 23.7 Å². The van der Waals surface area contributed by atoms with Crippen molar-refractivity contribution in [3.63, 3.8) is 0 Å². The second-order valence-electron chi connectivity index (χ2n) is 6.88. The second kappa shape index (κ2) is 7.62. The predicted molar refractivity (Wildman–Crippen MR) is 111 cm³/mol. The molecule has 0 spiro atoms. The van der Waals surface area contributed by atoms with Crippen LogP contribution in [0, 0.1) is 6.92 Å². The van der Waals surface area contributed by atoms with Crippen LogP contribution in [0.15, 0.2) is 52.9 Å². The van der Waals surface area contributed by atoms with E-state index in [1.807, 2.05) is 48.7 Å². The number of hydrogen-bond donors (Lipinski definition) is 1. The van der Waals surface area contributed by atoms with Crippen LogP contribution < -0.4 is 4.72 Å². The summed E-state index contributed by atoms with van der Waals surface area (Å²) in [5, 5.41) is 0.847. The number of carbonyl (C=O) groups excluding carboxylic acids is 1. The van der Waals surface area contributed by atoms with Gasteiger partial charge in [-0.25, -0.2) is 4.98 Å². The first-order valence-corrected chi connectivity index (χ1v) is 10.7. The molecule has 3 unspecified atom stereocenters. The van der Waals surface area contributed by atoms with E-state index in [4.69, 9.17) is 4.99 Å². The van der Waals surface area contributed by atoms with E-state index in [2.05, 4.69) is 9.97 Å². The molecule has 4 heterocycles. The van der Waals surface area contributed by atoms with Crippen molar-refractivity contribution >= 4 is 34.2 Å². The van der Waals surface area contributed by atoms with Crippen molar-refractivity contribution in [2.45, 2.75) is 25.9 Å². The number of thiazole rings is 1. The molecule has 0 aliphatic carbocycles. The minimum absolute atomic E-state index is 0.120. The number of amides is 1. The fraction of sp³-hybridized carbons (Fsp3) is 0.263. The summed E-state index contributed by atoms with van der Waals surface area (Å²) in [6.45, 7) is 3.91. The number of nitrogens with one attached hydrogen (secondary N) is 1. The monoisotopic (exact) mass is 428 g/mol. The molecule has 2 aliphatic heterocycles. The van der Waals surface area contributed by atoms with Crippen molar-refractivity contribution in [1.29, 1.82) is 0 Å². The van der Waals surface area contributed by atoms with Crippen molar-refractivity contribution in [1.82, 2.24) is 19.6 Å². The topological polar surface area (TPSA) is 111 Å². The maximum Gasteiger partial charge on any atom is 0.261 e. The largest absolute Gasteiger partial charge is 0.755 e. The third-order valence-electron chi connectivity index (χ3n) is 4.88. The molecule has 150 valence electrons. The lowest BCUT2D eigenvalue weighted by Gasteiger charge is -2.29. The Morgan fingerprint density at radius 1 is 1.38 bits per heavy atom. The van der Waals surface area contributed by atoms with Gasteiger partial charge in [-0.1, -0.05) is 0 Å². The van der Waals surface area contributed by atoms with E-state index in [9.17, 15) is 13.6 Å². The van der Waals surface area contributed by atoms with Gasteiger partial charge >= 0.3 is 0 Å². The van der Waals surface area contributed by atoms with Crippen molar-refractivity contribution in [2.75, 3.05) is 7.05 Å². The summed E-state index contributed by atoms with van der Waals surface area (Å²) in [4.78, 5) is 28.8. The molecule has 10 heteroatoms. The van der Waals surface area contributed by atoms with Gasteiger partial charge in [0.15, 0.2) is 0 Å². The minimum Gasteiger partial charge on any atom is -0.755 e. The number of aromatic nitrogens is 2. The zero-order valence-corrected chi connectivity index (χ0v) is 17.6. The molecule has 1 amide bonds. The molecule has 1 N–H and O–H groups in total. The van der Waals surface area contributed by atoms with Crippen LogP contribution in [0.1, 0.15) is 17.5 Å². The molecule has 2 aromatic heterocycles. The number of allylic oxidation sites excluding steroid dienone is 1. The third kappa shape index (κ3) is 3.66. The molecule has 2 aromatic rings. The van der Waals surface area contributed by atoms with E-state index >= 15 is 0 Å². The fourth-order valence-electron chi connectivity index (χ4n) is 3.67. The van der Waals surface area contributed by atoms with Crippen LogP contribution in [0.4, 0.5) is 0 Å². The summed E-state index contributed by atoms with van der Waals surface area (Å²) in [7, 11) is 1.85. The lowest BCUT2D eigenvalue weighted by atomic mass is 9.93. The Hall–Kier alpha value is -2.69. The number of fused-ring (bicyclic) bond motifs is 1. The van der Waals surface area contributed by atoms with Crippen molar-refractivity contribution in [3.8, 4) is 10.6 Å². The van der Waals surface area contributed by atoms with Crippen molar-refractivity contribution in [2.24, 2.45) is 4.99 Å². The minimum atomic E-state index is -2.68. The lowest BCUT2D eigenvalue weighted by molar-refractivity contribution is -0.116. The molecule has 29 heavy (non-hydrogen) atoms. The Morgan fingerprint density at radius 3 is 2.86 bits per heavy atom. The molecule has 4 rings (SSSR count). The van der Waals surface area contributed by atoms with Gasteiger partial charge in [-0.15, -0.1) is 11.3 Å². The molecule has 3 atom stereocenters. The Labute approximate surface area is 174 Å². The molecule has 0 fully saturated rings. The van der Waals surface area contributed by atoms with Gasteiger partial charge in [0.1, 0.15) is 11.0 Å². The van der Waals surface area contributed by atoms with Crippen LogP contribution >= 0.6 is 11.3 Å². The maximum absolute atomic E-state index is 12.4. The maximum atomic E-state index is 12.4. The summed E-state index contributed by atoms with van der Waals surface area (Å²) < 4.78 is 23.7. The Kier molecular flexibility index (Phi) is 5.15. The molecule has 2 aliphatic rings. The van der Waals surface area contributed by atoms with Gasteiger partial charge in [0.25, 0.3) is 5.91 Å². The van der Waals surface area contributed by atoms with Gasteiger partial charge in [0.2, 0.25) is 0 Å². The zero-order chi connectivity index (χ0) is 20.7. The van der Waals surface area contributed by atoms with E-state index in [0.29, 0.717) is 5.57 Å². The molecule has 0 radical (unpaired) electrons. The summed E-state index contributed by atoms with van der Waals surface area (Å²) in [5.41, 5.74) is 3.88. The van der Waals surface area contributed by atoms with E-state index in [1.54, 1.807) is 18.6 Å². The van der Waals surface area contributed by atoms with Crippen LogP contribution in [0.2, 0.25) is 0 Å². The van der Waals surface area contributed by atoms with Crippen molar-refractivity contribution < 1.29 is 13.6 Å².